The Morgan fingerprint density at radius 2 is 1.66 bits per heavy atom. The third-order valence-corrected chi connectivity index (χ3v) is 6.10. The molecule has 0 saturated carbocycles. The molecule has 3 aromatic carbocycles. The number of ketones is 1. The molecule has 0 bridgehead atoms. The van der Waals surface area contributed by atoms with Gasteiger partial charge >= 0.3 is 0 Å². The first-order valence-corrected chi connectivity index (χ1v) is 11.2. The number of aromatic nitrogens is 4. The Morgan fingerprint density at radius 3 is 2.46 bits per heavy atom. The lowest BCUT2D eigenvalue weighted by Gasteiger charge is -2.11. The molecule has 0 unspecified atom stereocenters. The maximum Gasteiger partial charge on any atom is 0.171 e. The van der Waals surface area contributed by atoms with E-state index in [1.54, 1.807) is 37.6 Å². The molecular weight excluding hydrogens is 438 g/mol. The molecule has 0 spiro atoms. The number of nitrogens with one attached hydrogen (secondary N) is 1. The van der Waals surface area contributed by atoms with Crippen LogP contribution in [0.3, 0.4) is 0 Å². The van der Waals surface area contributed by atoms with Gasteiger partial charge in [0.15, 0.2) is 23.2 Å². The second-order valence-corrected chi connectivity index (χ2v) is 8.25. The first kappa shape index (κ1) is 20.8. The fourth-order valence-electron chi connectivity index (χ4n) is 4.30. The summed E-state index contributed by atoms with van der Waals surface area (Å²) in [6, 6.07) is 27.0. The van der Waals surface area contributed by atoms with Crippen molar-refractivity contribution in [2.75, 3.05) is 12.4 Å². The first-order valence-electron chi connectivity index (χ1n) is 11.2. The molecule has 0 aliphatic carbocycles. The van der Waals surface area contributed by atoms with Gasteiger partial charge in [-0.1, -0.05) is 36.4 Å². The van der Waals surface area contributed by atoms with Crippen LogP contribution >= 0.6 is 0 Å². The zero-order valence-corrected chi connectivity index (χ0v) is 19.0. The second-order valence-electron chi connectivity index (χ2n) is 8.25. The van der Waals surface area contributed by atoms with Crippen LogP contribution in [0.15, 0.2) is 91.1 Å². The average molecular weight is 460 g/mol. The van der Waals surface area contributed by atoms with E-state index in [0.717, 1.165) is 45.5 Å². The van der Waals surface area contributed by atoms with Gasteiger partial charge in [-0.05, 0) is 54.1 Å². The molecular formula is C28H21N5O2. The molecule has 7 heteroatoms. The Balaban J connectivity index is 1.35. The summed E-state index contributed by atoms with van der Waals surface area (Å²) in [6.45, 7) is 0. The van der Waals surface area contributed by atoms with Gasteiger partial charge in [0, 0.05) is 29.3 Å². The summed E-state index contributed by atoms with van der Waals surface area (Å²) in [7, 11) is 1.61. The van der Waals surface area contributed by atoms with Crippen LogP contribution in [0.1, 0.15) is 15.9 Å². The molecule has 0 amide bonds. The Bertz CT molecular complexity index is 1540. The van der Waals surface area contributed by atoms with E-state index < -0.39 is 0 Å². The Morgan fingerprint density at radius 1 is 0.886 bits per heavy atom. The van der Waals surface area contributed by atoms with Gasteiger partial charge in [0.25, 0.3) is 0 Å². The lowest BCUT2D eigenvalue weighted by Crippen LogP contribution is -2.04. The number of Topliss-reactive ketones (excluding diaryl/α,β-unsaturated/α-hetero) is 1. The summed E-state index contributed by atoms with van der Waals surface area (Å²) in [5, 5.41) is 12.5. The van der Waals surface area contributed by atoms with E-state index in [1.807, 2.05) is 65.2 Å². The topological polar surface area (TPSA) is 81.9 Å². The molecule has 0 fully saturated rings. The van der Waals surface area contributed by atoms with E-state index in [9.17, 15) is 4.79 Å². The van der Waals surface area contributed by atoms with E-state index in [-0.39, 0.29) is 5.78 Å². The summed E-state index contributed by atoms with van der Waals surface area (Å²) in [4.78, 5) is 17.3. The quantitative estimate of drug-likeness (QED) is 0.344. The van der Waals surface area contributed by atoms with Crippen molar-refractivity contribution in [2.45, 2.75) is 6.42 Å². The molecule has 7 nitrogen and oxygen atoms in total. The van der Waals surface area contributed by atoms with E-state index in [0.29, 0.717) is 17.8 Å². The van der Waals surface area contributed by atoms with Crippen LogP contribution in [0, 0.1) is 0 Å². The molecule has 2 aromatic heterocycles. The molecule has 0 saturated heterocycles. The highest BCUT2D eigenvalue weighted by atomic mass is 16.5. The smallest absolute Gasteiger partial charge is 0.171 e. The molecule has 1 N–H and O–H groups in total. The van der Waals surface area contributed by atoms with Crippen molar-refractivity contribution in [3.63, 3.8) is 0 Å². The van der Waals surface area contributed by atoms with Crippen molar-refractivity contribution in [1.29, 1.82) is 0 Å². The van der Waals surface area contributed by atoms with E-state index in [1.165, 1.54) is 0 Å². The van der Waals surface area contributed by atoms with Crippen molar-refractivity contribution in [3.05, 3.63) is 102 Å². The fraction of sp³-hybridized carbons (Fsp3) is 0.0714. The number of carbonyl (C=O) groups is 1. The lowest BCUT2D eigenvalue weighted by atomic mass is 10.0. The van der Waals surface area contributed by atoms with E-state index in [4.69, 9.17) is 4.74 Å². The third kappa shape index (κ3) is 3.73. The standard InChI is InChI=1S/C28H21N5O2/c1-35-21-14-12-19(13-15-21)25(34)17-18-8-10-20(11-9-18)27-31-32-28-22-5-2-3-6-23(22)30-26-24(33(27)28)7-4-16-29-26/h2-16H,17H2,1H3,(H,29,30). The number of hydrogen-bond acceptors (Lipinski definition) is 6. The Labute approximate surface area is 202 Å². The zero-order chi connectivity index (χ0) is 23.8. The summed E-state index contributed by atoms with van der Waals surface area (Å²) < 4.78 is 7.20. The van der Waals surface area contributed by atoms with Crippen LogP contribution in [-0.2, 0) is 6.42 Å². The number of rotatable bonds is 5. The summed E-state index contributed by atoms with van der Waals surface area (Å²) >= 11 is 0. The number of anilines is 2. The maximum atomic E-state index is 12.7. The molecule has 170 valence electrons. The van der Waals surface area contributed by atoms with Gasteiger partial charge in [-0.15, -0.1) is 10.2 Å². The molecule has 0 atom stereocenters. The minimum Gasteiger partial charge on any atom is -0.497 e. The highest BCUT2D eigenvalue weighted by molar-refractivity contribution is 5.97. The highest BCUT2D eigenvalue weighted by Crippen LogP contribution is 2.38. The van der Waals surface area contributed by atoms with Gasteiger partial charge in [-0.25, -0.2) is 4.98 Å². The molecule has 1 aliphatic rings. The van der Waals surface area contributed by atoms with E-state index in [2.05, 4.69) is 20.5 Å². The lowest BCUT2D eigenvalue weighted by molar-refractivity contribution is 0.0993. The molecule has 35 heavy (non-hydrogen) atoms. The summed E-state index contributed by atoms with van der Waals surface area (Å²) in [5.74, 6) is 2.98. The molecule has 3 heterocycles. The van der Waals surface area contributed by atoms with Crippen LogP contribution in [0.5, 0.6) is 5.75 Å². The monoisotopic (exact) mass is 459 g/mol. The predicted octanol–water partition coefficient (Wildman–Crippen LogP) is 5.49. The second kappa shape index (κ2) is 8.53. The summed E-state index contributed by atoms with van der Waals surface area (Å²) in [5.41, 5.74) is 5.24. The van der Waals surface area contributed by atoms with Gasteiger partial charge in [0.1, 0.15) is 5.75 Å². The van der Waals surface area contributed by atoms with Crippen LogP contribution < -0.4 is 10.1 Å². The van der Waals surface area contributed by atoms with Gasteiger partial charge in [0.2, 0.25) is 0 Å². The minimum atomic E-state index is 0.0550. The predicted molar refractivity (Wildman–Crippen MR) is 134 cm³/mol. The SMILES string of the molecule is COc1ccc(C(=O)Cc2ccc(-c3nnc4n3-c3cccnc3Nc3ccccc3-4)cc2)cc1. The number of fused-ring (bicyclic) bond motifs is 5. The fourth-order valence-corrected chi connectivity index (χ4v) is 4.30. The number of benzene rings is 3. The van der Waals surface area contributed by atoms with Crippen LogP contribution in [0.4, 0.5) is 11.5 Å². The molecule has 6 rings (SSSR count). The number of hydrogen-bond donors (Lipinski definition) is 1. The first-order chi connectivity index (χ1) is 17.2. The van der Waals surface area contributed by atoms with Gasteiger partial charge in [-0.2, -0.15) is 0 Å². The Hall–Kier alpha value is -4.78. The van der Waals surface area contributed by atoms with Gasteiger partial charge in [-0.3, -0.25) is 9.36 Å². The van der Waals surface area contributed by atoms with Crippen molar-refractivity contribution >= 4 is 17.3 Å². The normalized spacial score (nSPS) is 11.5. The number of carbonyl (C=O) groups excluding carboxylic acids is 1. The van der Waals surface area contributed by atoms with Crippen LogP contribution in [0.25, 0.3) is 28.5 Å². The van der Waals surface area contributed by atoms with Crippen molar-refractivity contribution in [2.24, 2.45) is 0 Å². The third-order valence-electron chi connectivity index (χ3n) is 6.10. The van der Waals surface area contributed by atoms with E-state index >= 15 is 0 Å². The van der Waals surface area contributed by atoms with Gasteiger partial charge < -0.3 is 10.1 Å². The maximum absolute atomic E-state index is 12.7. The van der Waals surface area contributed by atoms with Crippen LogP contribution in [0.2, 0.25) is 0 Å². The number of ether oxygens (including phenoxy) is 1. The number of nitrogens with zero attached hydrogens (tertiary/aromatic N) is 4. The number of para-hydroxylation sites is 1. The van der Waals surface area contributed by atoms with Gasteiger partial charge in [0.05, 0.1) is 18.5 Å². The Kier molecular flexibility index (Phi) is 5.07. The molecule has 1 aliphatic heterocycles. The van der Waals surface area contributed by atoms with Crippen molar-refractivity contribution in [3.8, 4) is 34.2 Å². The molecule has 0 radical (unpaired) electrons. The minimum absolute atomic E-state index is 0.0550. The highest BCUT2D eigenvalue weighted by Gasteiger charge is 2.24. The largest absolute Gasteiger partial charge is 0.497 e. The number of pyridine rings is 1. The average Bonchev–Trinajstić information content (AvgIpc) is 3.29. The van der Waals surface area contributed by atoms with Crippen molar-refractivity contribution in [1.82, 2.24) is 19.7 Å². The summed E-state index contributed by atoms with van der Waals surface area (Å²) in [6.07, 6.45) is 2.08. The zero-order valence-electron chi connectivity index (χ0n) is 19.0. The molecule has 5 aromatic rings. The van der Waals surface area contributed by atoms with Crippen LogP contribution in [-0.4, -0.2) is 32.6 Å². The van der Waals surface area contributed by atoms with Crippen molar-refractivity contribution < 1.29 is 9.53 Å². The number of methoxy groups -OCH3 is 1.